The van der Waals surface area contributed by atoms with Crippen LogP contribution in [0.4, 0.5) is 4.79 Å². The van der Waals surface area contributed by atoms with Gasteiger partial charge in [0.05, 0.1) is 0 Å². The Morgan fingerprint density at radius 2 is 1.83 bits per heavy atom. The topological polar surface area (TPSA) is 132 Å². The summed E-state index contributed by atoms with van der Waals surface area (Å²) in [5.41, 5.74) is 9.84. The van der Waals surface area contributed by atoms with Crippen LogP contribution < -0.4 is 31.4 Å². The molecule has 0 spiro atoms. The quantitative estimate of drug-likeness (QED) is 0.573. The van der Waals surface area contributed by atoms with Crippen molar-refractivity contribution < 1.29 is 23.9 Å². The minimum absolute atomic E-state index is 0.103. The predicted octanol–water partition coefficient (Wildman–Crippen LogP) is -0.131. The molecule has 0 radical (unpaired) electrons. The first-order chi connectivity index (χ1) is 10.9. The molecule has 1 heterocycles. The van der Waals surface area contributed by atoms with Gasteiger partial charge in [-0.05, 0) is 24.1 Å². The molecule has 0 fully saturated rings. The first-order valence-corrected chi connectivity index (χ1v) is 6.94. The van der Waals surface area contributed by atoms with Gasteiger partial charge >= 0.3 is 6.03 Å². The van der Waals surface area contributed by atoms with E-state index in [-0.39, 0.29) is 12.7 Å². The molecule has 0 unspecified atom stereocenters. The third kappa shape index (κ3) is 4.02. The molecule has 0 saturated carbocycles. The van der Waals surface area contributed by atoms with Crippen molar-refractivity contribution in [1.82, 2.24) is 16.2 Å². The molecule has 124 valence electrons. The maximum atomic E-state index is 12.0. The van der Waals surface area contributed by atoms with Crippen LogP contribution in [0.5, 0.6) is 11.5 Å². The summed E-state index contributed by atoms with van der Waals surface area (Å²) in [6.45, 7) is 3.58. The number of hydrazine groups is 1. The highest BCUT2D eigenvalue weighted by Gasteiger charge is 2.24. The second kappa shape index (κ2) is 6.86. The van der Waals surface area contributed by atoms with E-state index in [4.69, 9.17) is 15.2 Å². The van der Waals surface area contributed by atoms with E-state index in [0.717, 1.165) is 0 Å². The number of fused-ring (bicyclic) bond motifs is 1. The smallest absolute Gasteiger partial charge is 0.312 e. The van der Waals surface area contributed by atoms with Gasteiger partial charge in [0.25, 0.3) is 11.8 Å². The van der Waals surface area contributed by atoms with Gasteiger partial charge in [-0.1, -0.05) is 13.8 Å². The van der Waals surface area contributed by atoms with Crippen LogP contribution in [0.3, 0.4) is 0 Å². The van der Waals surface area contributed by atoms with Crippen LogP contribution in [0.1, 0.15) is 24.2 Å². The summed E-state index contributed by atoms with van der Waals surface area (Å²) >= 11 is 0. The van der Waals surface area contributed by atoms with Crippen molar-refractivity contribution in [3.63, 3.8) is 0 Å². The number of carbonyl (C=O) groups is 3. The third-order valence-electron chi connectivity index (χ3n) is 3.18. The minimum Gasteiger partial charge on any atom is -0.454 e. The molecule has 4 amide bonds. The molecular formula is C14H18N4O5. The first-order valence-electron chi connectivity index (χ1n) is 6.94. The standard InChI is InChI=1S/C14H18N4O5/c1-7(2)11(16-14(15)21)13(20)18-17-12(19)8-3-4-9-10(5-8)23-6-22-9/h3-5,7,11H,6H2,1-2H3,(H,17,19)(H,18,20)(H3,15,16,21)/t11-/m0/s1. The van der Waals surface area contributed by atoms with Crippen LogP contribution in [-0.2, 0) is 4.79 Å². The molecule has 5 N–H and O–H groups in total. The molecule has 0 saturated heterocycles. The first kappa shape index (κ1) is 16.4. The lowest BCUT2D eigenvalue weighted by atomic mass is 10.0. The lowest BCUT2D eigenvalue weighted by Gasteiger charge is -2.20. The SMILES string of the molecule is CC(C)[C@H](NC(N)=O)C(=O)NNC(=O)c1ccc2c(c1)OCO2. The fourth-order valence-corrected chi connectivity index (χ4v) is 1.99. The number of nitrogens with two attached hydrogens (primary N) is 1. The van der Waals surface area contributed by atoms with Gasteiger partial charge in [-0.2, -0.15) is 0 Å². The van der Waals surface area contributed by atoms with Gasteiger partial charge in [0.2, 0.25) is 6.79 Å². The zero-order valence-electron chi connectivity index (χ0n) is 12.7. The molecule has 0 aliphatic carbocycles. The van der Waals surface area contributed by atoms with Crippen LogP contribution in [0, 0.1) is 5.92 Å². The van der Waals surface area contributed by atoms with Gasteiger partial charge in [0.15, 0.2) is 11.5 Å². The summed E-state index contributed by atoms with van der Waals surface area (Å²) in [5, 5.41) is 2.32. The van der Waals surface area contributed by atoms with Gasteiger partial charge in [0, 0.05) is 5.56 Å². The summed E-state index contributed by atoms with van der Waals surface area (Å²) in [5.74, 6) is -0.299. The van der Waals surface area contributed by atoms with E-state index in [9.17, 15) is 14.4 Å². The molecular weight excluding hydrogens is 304 g/mol. The Bertz CT molecular complexity index is 632. The number of primary amides is 1. The second-order valence-electron chi connectivity index (χ2n) is 5.24. The highest BCUT2D eigenvalue weighted by molar-refractivity contribution is 5.96. The van der Waals surface area contributed by atoms with Crippen molar-refractivity contribution >= 4 is 17.8 Å². The number of benzene rings is 1. The average molecular weight is 322 g/mol. The van der Waals surface area contributed by atoms with E-state index in [2.05, 4.69) is 16.2 Å². The predicted molar refractivity (Wildman–Crippen MR) is 79.5 cm³/mol. The molecule has 1 aromatic rings. The third-order valence-corrected chi connectivity index (χ3v) is 3.18. The number of ether oxygens (including phenoxy) is 2. The van der Waals surface area contributed by atoms with E-state index in [1.165, 1.54) is 12.1 Å². The maximum absolute atomic E-state index is 12.0. The van der Waals surface area contributed by atoms with E-state index in [1.807, 2.05) is 0 Å². The molecule has 1 atom stereocenters. The van der Waals surface area contributed by atoms with Gasteiger partial charge in [-0.3, -0.25) is 20.4 Å². The summed E-state index contributed by atoms with van der Waals surface area (Å²) in [7, 11) is 0. The summed E-state index contributed by atoms with van der Waals surface area (Å²) in [6.07, 6.45) is 0. The summed E-state index contributed by atoms with van der Waals surface area (Å²) in [6, 6.07) is 2.97. The van der Waals surface area contributed by atoms with Crippen molar-refractivity contribution in [3.8, 4) is 11.5 Å². The van der Waals surface area contributed by atoms with Crippen molar-refractivity contribution in [2.75, 3.05) is 6.79 Å². The monoisotopic (exact) mass is 322 g/mol. The molecule has 2 rings (SSSR count). The molecule has 9 heteroatoms. The molecule has 1 aliphatic heterocycles. The van der Waals surface area contributed by atoms with Crippen LogP contribution >= 0.6 is 0 Å². The van der Waals surface area contributed by atoms with Crippen LogP contribution in [0.25, 0.3) is 0 Å². The Morgan fingerprint density at radius 1 is 1.13 bits per heavy atom. The lowest BCUT2D eigenvalue weighted by molar-refractivity contribution is -0.124. The molecule has 0 bridgehead atoms. The summed E-state index contributed by atoms with van der Waals surface area (Å²) in [4.78, 5) is 34.9. The maximum Gasteiger partial charge on any atom is 0.312 e. The Labute approximate surface area is 132 Å². The number of hydrogen-bond donors (Lipinski definition) is 4. The van der Waals surface area contributed by atoms with E-state index in [0.29, 0.717) is 17.1 Å². The Hall–Kier alpha value is -2.97. The van der Waals surface area contributed by atoms with Crippen LogP contribution in [0.2, 0.25) is 0 Å². The molecule has 9 nitrogen and oxygen atoms in total. The van der Waals surface area contributed by atoms with Gasteiger partial charge in [-0.15, -0.1) is 0 Å². The van der Waals surface area contributed by atoms with Crippen molar-refractivity contribution in [1.29, 1.82) is 0 Å². The van der Waals surface area contributed by atoms with E-state index < -0.39 is 23.9 Å². The Balaban J connectivity index is 1.95. The number of hydrogen-bond acceptors (Lipinski definition) is 5. The fourth-order valence-electron chi connectivity index (χ4n) is 1.99. The normalized spacial score (nSPS) is 13.3. The van der Waals surface area contributed by atoms with Crippen molar-refractivity contribution in [3.05, 3.63) is 23.8 Å². The molecule has 1 aromatic carbocycles. The number of carbonyl (C=O) groups excluding carboxylic acids is 3. The zero-order chi connectivity index (χ0) is 17.0. The Morgan fingerprint density at radius 3 is 2.48 bits per heavy atom. The van der Waals surface area contributed by atoms with Crippen LogP contribution in [-0.4, -0.2) is 30.7 Å². The molecule has 1 aliphatic rings. The van der Waals surface area contributed by atoms with Crippen molar-refractivity contribution in [2.45, 2.75) is 19.9 Å². The highest BCUT2D eigenvalue weighted by Crippen LogP contribution is 2.32. The van der Waals surface area contributed by atoms with Gasteiger partial charge in [0.1, 0.15) is 6.04 Å². The van der Waals surface area contributed by atoms with Crippen molar-refractivity contribution in [2.24, 2.45) is 11.7 Å². The lowest BCUT2D eigenvalue weighted by Crippen LogP contribution is -2.55. The average Bonchev–Trinajstić information content (AvgIpc) is 2.96. The highest BCUT2D eigenvalue weighted by atomic mass is 16.7. The van der Waals surface area contributed by atoms with Crippen LogP contribution in [0.15, 0.2) is 18.2 Å². The van der Waals surface area contributed by atoms with Gasteiger partial charge in [-0.25, -0.2) is 4.79 Å². The number of urea groups is 1. The van der Waals surface area contributed by atoms with E-state index >= 15 is 0 Å². The van der Waals surface area contributed by atoms with E-state index in [1.54, 1.807) is 19.9 Å². The largest absolute Gasteiger partial charge is 0.454 e. The Kier molecular flexibility index (Phi) is 4.89. The number of amides is 4. The zero-order valence-corrected chi connectivity index (χ0v) is 12.7. The molecule has 23 heavy (non-hydrogen) atoms. The summed E-state index contributed by atoms with van der Waals surface area (Å²) < 4.78 is 10.3. The van der Waals surface area contributed by atoms with Gasteiger partial charge < -0.3 is 20.5 Å². The second-order valence-corrected chi connectivity index (χ2v) is 5.24. The molecule has 0 aromatic heterocycles. The number of nitrogens with one attached hydrogen (secondary N) is 3. The number of rotatable bonds is 4. The fraction of sp³-hybridized carbons (Fsp3) is 0.357. The minimum atomic E-state index is -0.857.